The molecule has 0 atom stereocenters. The summed E-state index contributed by atoms with van der Waals surface area (Å²) in [5, 5.41) is 17.4. The van der Waals surface area contributed by atoms with Gasteiger partial charge in [-0.25, -0.2) is 0 Å². The van der Waals surface area contributed by atoms with Gasteiger partial charge >= 0.3 is 0 Å². The van der Waals surface area contributed by atoms with Gasteiger partial charge in [0.1, 0.15) is 17.4 Å². The van der Waals surface area contributed by atoms with Crippen LogP contribution in [0.4, 0.5) is 11.4 Å². The molecule has 2 aromatic carbocycles. The third-order valence-electron chi connectivity index (χ3n) is 4.58. The molecule has 0 spiro atoms. The van der Waals surface area contributed by atoms with Crippen LogP contribution in [0.1, 0.15) is 22.6 Å². The molecule has 9 nitrogen and oxygen atoms in total. The van der Waals surface area contributed by atoms with E-state index in [9.17, 15) is 14.9 Å². The van der Waals surface area contributed by atoms with E-state index in [2.05, 4.69) is 10.5 Å². The number of methoxy groups -OCH3 is 1. The van der Waals surface area contributed by atoms with Gasteiger partial charge in [0.05, 0.1) is 23.3 Å². The number of aromatic nitrogens is 1. The van der Waals surface area contributed by atoms with Gasteiger partial charge < -0.3 is 19.3 Å². The molecule has 10 heteroatoms. The van der Waals surface area contributed by atoms with Crippen LogP contribution in [-0.2, 0) is 11.4 Å². The molecule has 0 aliphatic rings. The summed E-state index contributed by atoms with van der Waals surface area (Å²) in [5.41, 5.74) is 2.30. The fourth-order valence-corrected chi connectivity index (χ4v) is 3.04. The number of nitrogens with zero attached hydrogens (tertiary/aromatic N) is 2. The second-order valence-corrected chi connectivity index (χ2v) is 7.15. The van der Waals surface area contributed by atoms with E-state index in [1.54, 1.807) is 24.3 Å². The number of carbonyl (C=O) groups excluding carboxylic acids is 1. The van der Waals surface area contributed by atoms with E-state index in [1.165, 1.54) is 31.4 Å². The molecule has 1 amide bonds. The summed E-state index contributed by atoms with van der Waals surface area (Å²) in [7, 11) is 1.52. The first-order valence-electron chi connectivity index (χ1n) is 9.44. The van der Waals surface area contributed by atoms with Crippen LogP contribution in [0.15, 0.2) is 47.0 Å². The number of hydrogen-bond acceptors (Lipinski definition) is 7. The lowest BCUT2D eigenvalue weighted by molar-refractivity contribution is -0.384. The largest absolute Gasteiger partial charge is 0.493 e. The van der Waals surface area contributed by atoms with E-state index >= 15 is 0 Å². The number of aryl methyl sites for hydroxylation is 2. The third kappa shape index (κ3) is 5.44. The van der Waals surface area contributed by atoms with Crippen LogP contribution in [0.25, 0.3) is 6.08 Å². The molecular formula is C22H20ClN3O6. The first-order chi connectivity index (χ1) is 15.3. The SMILES string of the molecule is COc1cc(/C=C/C(=O)Nc2ccc(Cl)c([N+](=O)[O-])c2)ccc1OCc1c(C)noc1C. The Kier molecular flexibility index (Phi) is 7.11. The number of nitro benzene ring substituents is 1. The minimum absolute atomic E-state index is 0.00713. The molecule has 3 aromatic rings. The number of anilines is 1. The number of hydrogen-bond donors (Lipinski definition) is 1. The number of nitro groups is 1. The van der Waals surface area contributed by atoms with Crippen LogP contribution < -0.4 is 14.8 Å². The summed E-state index contributed by atoms with van der Waals surface area (Å²) < 4.78 is 16.4. The van der Waals surface area contributed by atoms with Gasteiger partial charge in [-0.15, -0.1) is 0 Å². The second-order valence-electron chi connectivity index (χ2n) is 6.75. The highest BCUT2D eigenvalue weighted by Crippen LogP contribution is 2.30. The molecule has 0 saturated heterocycles. The maximum atomic E-state index is 12.2. The Balaban J connectivity index is 1.67. The highest BCUT2D eigenvalue weighted by molar-refractivity contribution is 6.32. The summed E-state index contributed by atoms with van der Waals surface area (Å²) in [6, 6.07) is 9.25. The molecule has 0 unspecified atom stereocenters. The quantitative estimate of drug-likeness (QED) is 0.284. The maximum Gasteiger partial charge on any atom is 0.289 e. The van der Waals surface area contributed by atoms with Crippen molar-refractivity contribution in [1.29, 1.82) is 0 Å². The summed E-state index contributed by atoms with van der Waals surface area (Å²) >= 11 is 5.78. The molecule has 0 fully saturated rings. The van der Waals surface area contributed by atoms with Crippen molar-refractivity contribution in [3.63, 3.8) is 0 Å². The minimum atomic E-state index is -0.616. The predicted octanol–water partition coefficient (Wildman–Crippen LogP) is 5.09. The van der Waals surface area contributed by atoms with Gasteiger partial charge in [-0.3, -0.25) is 14.9 Å². The molecule has 0 saturated carbocycles. The van der Waals surface area contributed by atoms with E-state index in [0.717, 1.165) is 11.3 Å². The number of halogens is 1. The van der Waals surface area contributed by atoms with Crippen LogP contribution in [0.5, 0.6) is 11.5 Å². The lowest BCUT2D eigenvalue weighted by Gasteiger charge is -2.11. The molecular weight excluding hydrogens is 438 g/mol. The van der Waals surface area contributed by atoms with Crippen molar-refractivity contribution in [2.75, 3.05) is 12.4 Å². The zero-order chi connectivity index (χ0) is 23.3. The van der Waals surface area contributed by atoms with E-state index in [-0.39, 0.29) is 23.0 Å². The van der Waals surface area contributed by atoms with Gasteiger partial charge in [0.15, 0.2) is 11.5 Å². The zero-order valence-electron chi connectivity index (χ0n) is 17.5. The first-order valence-corrected chi connectivity index (χ1v) is 9.82. The number of rotatable bonds is 8. The molecule has 0 aliphatic carbocycles. The highest BCUT2D eigenvalue weighted by atomic mass is 35.5. The van der Waals surface area contributed by atoms with Crippen LogP contribution >= 0.6 is 11.6 Å². The maximum absolute atomic E-state index is 12.2. The average molecular weight is 458 g/mol. The Labute approximate surface area is 188 Å². The number of benzene rings is 2. The minimum Gasteiger partial charge on any atom is -0.493 e. The Morgan fingerprint density at radius 1 is 1.25 bits per heavy atom. The molecule has 32 heavy (non-hydrogen) atoms. The highest BCUT2D eigenvalue weighted by Gasteiger charge is 2.14. The number of nitrogens with one attached hydrogen (secondary N) is 1. The lowest BCUT2D eigenvalue weighted by Crippen LogP contribution is -2.08. The number of carbonyl (C=O) groups is 1. The second kappa shape index (κ2) is 9.97. The van der Waals surface area contributed by atoms with Gasteiger partial charge in [0.2, 0.25) is 5.91 Å². The lowest BCUT2D eigenvalue weighted by atomic mass is 10.1. The Hall–Kier alpha value is -3.85. The summed E-state index contributed by atoms with van der Waals surface area (Å²) in [6.07, 6.45) is 2.89. The molecule has 3 rings (SSSR count). The van der Waals surface area contributed by atoms with Crippen molar-refractivity contribution in [2.45, 2.75) is 20.5 Å². The van der Waals surface area contributed by atoms with Crippen molar-refractivity contribution in [2.24, 2.45) is 0 Å². The van der Waals surface area contributed by atoms with Crippen molar-refractivity contribution < 1.29 is 23.7 Å². The summed E-state index contributed by atoms with van der Waals surface area (Å²) in [6.45, 7) is 3.94. The van der Waals surface area contributed by atoms with Gasteiger partial charge in [-0.1, -0.05) is 22.8 Å². The van der Waals surface area contributed by atoms with Crippen LogP contribution in [0.3, 0.4) is 0 Å². The fraction of sp³-hybridized carbons (Fsp3) is 0.182. The standard InChI is InChI=1S/C22H20ClN3O6/c1-13-17(14(2)32-25-13)12-31-20-8-4-15(10-21(20)30-3)5-9-22(27)24-16-6-7-18(23)19(11-16)26(28)29/h4-11H,12H2,1-3H3,(H,24,27)/b9-5+. The molecule has 166 valence electrons. The Bertz CT molecular complexity index is 1170. The van der Waals surface area contributed by atoms with Gasteiger partial charge in [-0.2, -0.15) is 0 Å². The molecule has 0 radical (unpaired) electrons. The van der Waals surface area contributed by atoms with Crippen molar-refractivity contribution in [1.82, 2.24) is 5.16 Å². The third-order valence-corrected chi connectivity index (χ3v) is 4.90. The van der Waals surface area contributed by atoms with Crippen LogP contribution in [0, 0.1) is 24.0 Å². The fourth-order valence-electron chi connectivity index (χ4n) is 2.85. The monoisotopic (exact) mass is 457 g/mol. The Morgan fingerprint density at radius 2 is 2.03 bits per heavy atom. The average Bonchev–Trinajstić information content (AvgIpc) is 3.09. The molecule has 0 bridgehead atoms. The number of amides is 1. The molecule has 1 aromatic heterocycles. The van der Waals surface area contributed by atoms with Crippen LogP contribution in [0.2, 0.25) is 5.02 Å². The van der Waals surface area contributed by atoms with Crippen molar-refractivity contribution in [3.05, 3.63) is 80.2 Å². The zero-order valence-corrected chi connectivity index (χ0v) is 18.3. The normalized spacial score (nSPS) is 10.9. The summed E-state index contributed by atoms with van der Waals surface area (Å²) in [5.74, 6) is 1.26. The van der Waals surface area contributed by atoms with E-state index in [0.29, 0.717) is 22.8 Å². The summed E-state index contributed by atoms with van der Waals surface area (Å²) in [4.78, 5) is 22.6. The van der Waals surface area contributed by atoms with Gasteiger partial charge in [-0.05, 0) is 49.8 Å². The topological polar surface area (TPSA) is 117 Å². The van der Waals surface area contributed by atoms with Crippen molar-refractivity contribution >= 4 is 35.0 Å². The molecule has 0 aliphatic heterocycles. The van der Waals surface area contributed by atoms with Gasteiger partial charge in [0.25, 0.3) is 5.69 Å². The predicted molar refractivity (Wildman–Crippen MR) is 119 cm³/mol. The molecule has 1 heterocycles. The van der Waals surface area contributed by atoms with E-state index in [4.69, 9.17) is 25.6 Å². The van der Waals surface area contributed by atoms with E-state index < -0.39 is 10.8 Å². The number of ether oxygens (including phenoxy) is 2. The first kappa shape index (κ1) is 22.8. The van der Waals surface area contributed by atoms with Gasteiger partial charge in [0, 0.05) is 17.8 Å². The van der Waals surface area contributed by atoms with E-state index in [1.807, 2.05) is 13.8 Å². The smallest absolute Gasteiger partial charge is 0.289 e. The molecule has 1 N–H and O–H groups in total. The Morgan fingerprint density at radius 3 is 2.69 bits per heavy atom. The van der Waals surface area contributed by atoms with Crippen molar-refractivity contribution in [3.8, 4) is 11.5 Å². The van der Waals surface area contributed by atoms with Crippen LogP contribution in [-0.4, -0.2) is 23.1 Å².